The molecule has 0 fully saturated rings. The lowest BCUT2D eigenvalue weighted by Gasteiger charge is -2.09. The van der Waals surface area contributed by atoms with Gasteiger partial charge < -0.3 is 0 Å². The molecule has 0 aliphatic heterocycles. The van der Waals surface area contributed by atoms with Gasteiger partial charge in [0.25, 0.3) is 0 Å². The van der Waals surface area contributed by atoms with Gasteiger partial charge in [0.2, 0.25) is 0 Å². The molecule has 0 radical (unpaired) electrons. The molecule has 0 spiro atoms. The van der Waals surface area contributed by atoms with Crippen LogP contribution in [0.3, 0.4) is 0 Å². The molecule has 2 aromatic rings. The van der Waals surface area contributed by atoms with Crippen LogP contribution in [0.5, 0.6) is 0 Å². The van der Waals surface area contributed by atoms with E-state index in [0.29, 0.717) is 0 Å². The number of aromatic nitrogens is 3. The molecule has 2 rings (SSSR count). The van der Waals surface area contributed by atoms with Crippen molar-refractivity contribution >= 4 is 35.3 Å². The first-order valence-corrected chi connectivity index (χ1v) is 9.55. The molecular weight excluding hydrogens is 306 g/mol. The lowest BCUT2D eigenvalue weighted by Crippen LogP contribution is -2.00. The summed E-state index contributed by atoms with van der Waals surface area (Å²) < 4.78 is 0. The average molecular weight is 324 g/mol. The third-order valence-electron chi connectivity index (χ3n) is 2.72. The first-order valence-electron chi connectivity index (χ1n) is 6.28. The van der Waals surface area contributed by atoms with Crippen molar-refractivity contribution in [3.63, 3.8) is 0 Å². The largest absolute Gasteiger partial charge is 0.207 e. The van der Waals surface area contributed by atoms with Crippen LogP contribution in [0, 0.1) is 6.92 Å². The predicted molar refractivity (Wildman–Crippen MR) is 88.1 cm³/mol. The second-order valence-electron chi connectivity index (χ2n) is 4.08. The highest BCUT2D eigenvalue weighted by Crippen LogP contribution is 2.35. The van der Waals surface area contributed by atoms with Gasteiger partial charge in [0, 0.05) is 16.2 Å². The van der Waals surface area contributed by atoms with Crippen LogP contribution in [-0.4, -0.2) is 27.5 Å². The molecule has 0 amide bonds. The molecule has 20 heavy (non-hydrogen) atoms. The van der Waals surface area contributed by atoms with Crippen LogP contribution in [0.4, 0.5) is 0 Å². The summed E-state index contributed by atoms with van der Waals surface area (Å²) in [7, 11) is 0. The summed E-state index contributed by atoms with van der Waals surface area (Å²) in [6.07, 6.45) is 4.92. The topological polar surface area (TPSA) is 38.7 Å². The number of rotatable bonds is 5. The number of thioether (sulfide) groups is 2. The van der Waals surface area contributed by atoms with Gasteiger partial charge in [-0.15, -0.1) is 11.8 Å². The number of nitrogens with zero attached hydrogens (tertiary/aromatic N) is 3. The zero-order valence-corrected chi connectivity index (χ0v) is 14.5. The minimum Gasteiger partial charge on any atom is -0.207 e. The van der Waals surface area contributed by atoms with Gasteiger partial charge in [0.15, 0.2) is 10.3 Å². The number of hydrogen-bond acceptors (Lipinski definition) is 6. The van der Waals surface area contributed by atoms with Crippen molar-refractivity contribution in [3.05, 3.63) is 29.6 Å². The van der Waals surface area contributed by atoms with Crippen LogP contribution in [0.1, 0.15) is 18.3 Å². The Morgan fingerprint density at radius 2 is 1.75 bits per heavy atom. The van der Waals surface area contributed by atoms with Gasteiger partial charge in [-0.25, -0.2) is 9.97 Å². The first kappa shape index (κ1) is 15.7. The van der Waals surface area contributed by atoms with Crippen LogP contribution < -0.4 is 0 Å². The third-order valence-corrected chi connectivity index (χ3v) is 5.27. The molecule has 0 aliphatic carbocycles. The second-order valence-corrected chi connectivity index (χ2v) is 6.68. The van der Waals surface area contributed by atoms with Crippen molar-refractivity contribution in [1.82, 2.24) is 15.0 Å². The molecule has 0 saturated carbocycles. The standard InChI is InChI=1S/C14H17N3S3/c1-5-11-15-13(19-4)17-14(16-11)20-10-8-6-7-9(2)12(10)18-3/h6-8H,5H2,1-4H3. The van der Waals surface area contributed by atoms with Crippen LogP contribution >= 0.6 is 35.3 Å². The highest BCUT2D eigenvalue weighted by molar-refractivity contribution is 8.02. The Labute approximate surface area is 132 Å². The van der Waals surface area contributed by atoms with Crippen molar-refractivity contribution in [2.45, 2.75) is 40.4 Å². The quantitative estimate of drug-likeness (QED) is 0.762. The lowest BCUT2D eigenvalue weighted by atomic mass is 10.2. The van der Waals surface area contributed by atoms with Gasteiger partial charge in [-0.3, -0.25) is 0 Å². The van der Waals surface area contributed by atoms with Crippen molar-refractivity contribution in [2.75, 3.05) is 12.5 Å². The molecule has 1 heterocycles. The van der Waals surface area contributed by atoms with Crippen LogP contribution in [0.25, 0.3) is 0 Å². The van der Waals surface area contributed by atoms with E-state index in [1.165, 1.54) is 15.4 Å². The fourth-order valence-electron chi connectivity index (χ4n) is 1.74. The van der Waals surface area contributed by atoms with E-state index >= 15 is 0 Å². The molecule has 6 heteroatoms. The van der Waals surface area contributed by atoms with Crippen molar-refractivity contribution in [1.29, 1.82) is 0 Å². The Hall–Kier alpha value is -0.720. The highest BCUT2D eigenvalue weighted by Gasteiger charge is 2.10. The van der Waals surface area contributed by atoms with Gasteiger partial charge in [0.05, 0.1) is 0 Å². The molecule has 0 bridgehead atoms. The maximum Gasteiger partial charge on any atom is 0.196 e. The third kappa shape index (κ3) is 3.68. The van der Waals surface area contributed by atoms with Crippen LogP contribution in [0.2, 0.25) is 0 Å². The Kier molecular flexibility index (Phi) is 5.74. The Morgan fingerprint density at radius 1 is 1.00 bits per heavy atom. The molecule has 0 N–H and O–H groups in total. The summed E-state index contributed by atoms with van der Waals surface area (Å²) >= 11 is 4.94. The van der Waals surface area contributed by atoms with E-state index in [-0.39, 0.29) is 0 Å². The summed E-state index contributed by atoms with van der Waals surface area (Å²) in [5.74, 6) is 0.852. The maximum atomic E-state index is 4.52. The van der Waals surface area contributed by atoms with E-state index in [0.717, 1.165) is 22.6 Å². The smallest absolute Gasteiger partial charge is 0.196 e. The molecule has 0 aliphatic rings. The fraction of sp³-hybridized carbons (Fsp3) is 0.357. The Bertz CT molecular complexity index is 580. The summed E-state index contributed by atoms with van der Waals surface area (Å²) in [6.45, 7) is 4.20. The summed E-state index contributed by atoms with van der Waals surface area (Å²) in [5.41, 5.74) is 1.29. The average Bonchev–Trinajstić information content (AvgIpc) is 2.47. The maximum absolute atomic E-state index is 4.52. The zero-order valence-electron chi connectivity index (χ0n) is 12.0. The summed E-state index contributed by atoms with van der Waals surface area (Å²) in [5, 5.41) is 1.57. The van der Waals surface area contributed by atoms with Crippen molar-refractivity contribution in [3.8, 4) is 0 Å². The van der Waals surface area contributed by atoms with Crippen LogP contribution in [-0.2, 0) is 6.42 Å². The summed E-state index contributed by atoms with van der Waals surface area (Å²) in [4.78, 5) is 15.9. The molecule has 1 aromatic heterocycles. The van der Waals surface area contributed by atoms with Gasteiger partial charge >= 0.3 is 0 Å². The van der Waals surface area contributed by atoms with Crippen molar-refractivity contribution < 1.29 is 0 Å². The Morgan fingerprint density at radius 3 is 2.40 bits per heavy atom. The fourth-order valence-corrected chi connectivity index (χ4v) is 4.09. The van der Waals surface area contributed by atoms with E-state index in [9.17, 15) is 0 Å². The van der Waals surface area contributed by atoms with E-state index in [1.807, 2.05) is 6.26 Å². The molecule has 3 nitrogen and oxygen atoms in total. The summed E-state index contributed by atoms with van der Waals surface area (Å²) in [6, 6.07) is 6.33. The Balaban J connectivity index is 2.37. The second kappa shape index (κ2) is 7.33. The van der Waals surface area contributed by atoms with Crippen molar-refractivity contribution in [2.24, 2.45) is 0 Å². The van der Waals surface area contributed by atoms with Gasteiger partial charge in [0.1, 0.15) is 5.82 Å². The molecule has 0 atom stereocenters. The predicted octanol–water partition coefficient (Wildman–Crippen LogP) is 4.34. The van der Waals surface area contributed by atoms with Gasteiger partial charge in [-0.05, 0) is 42.8 Å². The molecule has 0 saturated heterocycles. The number of benzene rings is 1. The minimum absolute atomic E-state index is 0.780. The first-order chi connectivity index (χ1) is 9.67. The molecular formula is C14H17N3S3. The highest BCUT2D eigenvalue weighted by atomic mass is 32.2. The van der Waals surface area contributed by atoms with Gasteiger partial charge in [-0.1, -0.05) is 30.8 Å². The lowest BCUT2D eigenvalue weighted by molar-refractivity contribution is 0.739. The molecule has 1 aromatic carbocycles. The molecule has 106 valence electrons. The zero-order chi connectivity index (χ0) is 14.5. The number of hydrogen-bond donors (Lipinski definition) is 0. The molecule has 0 unspecified atom stereocenters. The van der Waals surface area contributed by atoms with Crippen LogP contribution in [0.15, 0.2) is 38.3 Å². The minimum atomic E-state index is 0.780. The monoisotopic (exact) mass is 323 g/mol. The van der Waals surface area contributed by atoms with Gasteiger partial charge in [-0.2, -0.15) is 4.98 Å². The number of aryl methyl sites for hydroxylation is 2. The van der Waals surface area contributed by atoms with E-state index in [2.05, 4.69) is 53.3 Å². The van der Waals surface area contributed by atoms with E-state index in [1.54, 1.807) is 35.3 Å². The normalized spacial score (nSPS) is 10.8. The van der Waals surface area contributed by atoms with E-state index < -0.39 is 0 Å². The van der Waals surface area contributed by atoms with E-state index in [4.69, 9.17) is 0 Å². The SMILES string of the molecule is CCc1nc(SC)nc(Sc2cccc(C)c2SC)n1.